The number of amides is 1. The summed E-state index contributed by atoms with van der Waals surface area (Å²) in [4.78, 5) is 28.0. The van der Waals surface area contributed by atoms with Gasteiger partial charge in [0, 0.05) is 31.7 Å². The Morgan fingerprint density at radius 2 is 1.97 bits per heavy atom. The highest BCUT2D eigenvalue weighted by molar-refractivity contribution is 6.04. The van der Waals surface area contributed by atoms with E-state index in [-0.39, 0.29) is 17.6 Å². The summed E-state index contributed by atoms with van der Waals surface area (Å²) in [5.74, 6) is 1.51. The van der Waals surface area contributed by atoms with Gasteiger partial charge in [0.1, 0.15) is 29.4 Å². The zero-order valence-corrected chi connectivity index (χ0v) is 17.2. The number of rotatable bonds is 5. The Balaban J connectivity index is 1.60. The fourth-order valence-corrected chi connectivity index (χ4v) is 2.99. The van der Waals surface area contributed by atoms with Crippen molar-refractivity contribution in [2.75, 3.05) is 24.3 Å². The van der Waals surface area contributed by atoms with Crippen LogP contribution < -0.4 is 10.2 Å². The maximum absolute atomic E-state index is 12.8. The van der Waals surface area contributed by atoms with Gasteiger partial charge in [-0.25, -0.2) is 9.97 Å². The Kier molecular flexibility index (Phi) is 5.09. The predicted octanol–water partition coefficient (Wildman–Crippen LogP) is 3.18. The van der Waals surface area contributed by atoms with E-state index in [2.05, 4.69) is 30.5 Å². The first-order valence-electron chi connectivity index (χ1n) is 9.55. The highest BCUT2D eigenvalue weighted by atomic mass is 16.1. The molecule has 0 fully saturated rings. The van der Waals surface area contributed by atoms with Gasteiger partial charge in [-0.05, 0) is 44.2 Å². The van der Waals surface area contributed by atoms with Crippen LogP contribution in [-0.2, 0) is 0 Å². The van der Waals surface area contributed by atoms with E-state index in [0.717, 1.165) is 11.2 Å². The number of fused-ring (bicyclic) bond motifs is 1. The van der Waals surface area contributed by atoms with E-state index in [0.29, 0.717) is 22.9 Å². The van der Waals surface area contributed by atoms with E-state index in [1.807, 2.05) is 61.7 Å². The van der Waals surface area contributed by atoms with Gasteiger partial charge in [-0.3, -0.25) is 9.78 Å². The molecule has 152 valence electrons. The fraction of sp³-hybridized carbons (Fsp3) is 0.238. The number of nitrogens with one attached hydrogen (secondary N) is 1. The third kappa shape index (κ3) is 3.82. The number of carbonyl (C=O) groups is 1. The molecule has 4 heterocycles. The predicted molar refractivity (Wildman–Crippen MR) is 115 cm³/mol. The second-order valence-electron chi connectivity index (χ2n) is 7.34. The average molecular weight is 402 g/mol. The summed E-state index contributed by atoms with van der Waals surface area (Å²) in [6.07, 6.45) is 3.31. The smallest absolute Gasteiger partial charge is 0.275 e. The molecule has 0 aliphatic heterocycles. The topological polar surface area (TPSA) is 102 Å². The van der Waals surface area contributed by atoms with Crippen molar-refractivity contribution >= 4 is 28.4 Å². The number of anilines is 2. The molecule has 0 unspecified atom stereocenters. The maximum atomic E-state index is 12.8. The highest BCUT2D eigenvalue weighted by Crippen LogP contribution is 2.21. The molecule has 4 aromatic heterocycles. The van der Waals surface area contributed by atoms with Gasteiger partial charge in [0.15, 0.2) is 5.82 Å². The van der Waals surface area contributed by atoms with Crippen molar-refractivity contribution in [2.45, 2.75) is 19.9 Å². The highest BCUT2D eigenvalue weighted by Gasteiger charge is 2.14. The van der Waals surface area contributed by atoms with Crippen LogP contribution in [0.1, 0.15) is 30.4 Å². The molecule has 0 radical (unpaired) electrons. The Bertz CT molecular complexity index is 1210. The lowest BCUT2D eigenvalue weighted by Crippen LogP contribution is -2.15. The van der Waals surface area contributed by atoms with Crippen LogP contribution in [-0.4, -0.2) is 49.7 Å². The van der Waals surface area contributed by atoms with Gasteiger partial charge in [0.2, 0.25) is 0 Å². The van der Waals surface area contributed by atoms with Crippen molar-refractivity contribution in [3.8, 4) is 11.5 Å². The summed E-state index contributed by atoms with van der Waals surface area (Å²) >= 11 is 0. The molecule has 0 spiro atoms. The molecule has 0 aliphatic carbocycles. The van der Waals surface area contributed by atoms with E-state index < -0.39 is 0 Å². The molecule has 0 saturated heterocycles. The number of hydrogen-bond donors (Lipinski definition) is 1. The molecule has 0 atom stereocenters. The first kappa shape index (κ1) is 19.4. The Morgan fingerprint density at radius 3 is 2.73 bits per heavy atom. The number of nitrogens with zero attached hydrogens (tertiary/aromatic N) is 7. The lowest BCUT2D eigenvalue weighted by atomic mass is 10.2. The maximum Gasteiger partial charge on any atom is 0.275 e. The molecule has 0 saturated carbocycles. The van der Waals surface area contributed by atoms with Gasteiger partial charge in [-0.2, -0.15) is 0 Å². The quantitative estimate of drug-likeness (QED) is 0.547. The minimum absolute atomic E-state index is 0.191. The van der Waals surface area contributed by atoms with Crippen molar-refractivity contribution in [3.05, 3.63) is 54.6 Å². The van der Waals surface area contributed by atoms with Crippen molar-refractivity contribution in [3.63, 3.8) is 0 Å². The molecule has 9 heteroatoms. The third-order valence-corrected chi connectivity index (χ3v) is 4.60. The van der Waals surface area contributed by atoms with Crippen molar-refractivity contribution in [1.29, 1.82) is 0 Å². The summed E-state index contributed by atoms with van der Waals surface area (Å²) in [6, 6.07) is 11.1. The van der Waals surface area contributed by atoms with E-state index >= 15 is 0 Å². The van der Waals surface area contributed by atoms with E-state index in [9.17, 15) is 4.79 Å². The second-order valence-corrected chi connectivity index (χ2v) is 7.34. The van der Waals surface area contributed by atoms with Gasteiger partial charge in [0.25, 0.3) is 5.91 Å². The summed E-state index contributed by atoms with van der Waals surface area (Å²) < 4.78 is 1.92. The lowest BCUT2D eigenvalue weighted by Gasteiger charge is -2.12. The fourth-order valence-electron chi connectivity index (χ4n) is 2.99. The molecule has 1 amide bonds. The van der Waals surface area contributed by atoms with Crippen LogP contribution in [0.2, 0.25) is 0 Å². The van der Waals surface area contributed by atoms with Crippen LogP contribution in [0.15, 0.2) is 48.9 Å². The minimum atomic E-state index is -0.357. The van der Waals surface area contributed by atoms with Gasteiger partial charge in [-0.15, -0.1) is 10.2 Å². The molecule has 0 aromatic carbocycles. The average Bonchev–Trinajstić information content (AvgIpc) is 3.23. The van der Waals surface area contributed by atoms with Gasteiger partial charge >= 0.3 is 0 Å². The molecule has 4 rings (SSSR count). The van der Waals surface area contributed by atoms with E-state index in [1.54, 1.807) is 24.7 Å². The molecule has 4 aromatic rings. The molecular weight excluding hydrogens is 380 g/mol. The number of aromatic nitrogens is 6. The monoisotopic (exact) mass is 402 g/mol. The molecule has 0 aliphatic rings. The van der Waals surface area contributed by atoms with Gasteiger partial charge in [-0.1, -0.05) is 6.07 Å². The summed E-state index contributed by atoms with van der Waals surface area (Å²) in [6.45, 7) is 4.08. The van der Waals surface area contributed by atoms with Crippen LogP contribution in [0.3, 0.4) is 0 Å². The summed E-state index contributed by atoms with van der Waals surface area (Å²) in [5, 5.41) is 11.8. The van der Waals surface area contributed by atoms with Crippen molar-refractivity contribution < 1.29 is 4.79 Å². The van der Waals surface area contributed by atoms with Gasteiger partial charge < -0.3 is 14.8 Å². The number of hydrogen-bond acceptors (Lipinski definition) is 7. The SMILES string of the molecule is CC(C)n1cnnc1-c1cccc(NC(=O)c2cc3nc(N(C)C)ccc3cn2)n1. The van der Waals surface area contributed by atoms with Crippen LogP contribution in [0.4, 0.5) is 11.6 Å². The Labute approximate surface area is 173 Å². The second kappa shape index (κ2) is 7.86. The number of carbonyl (C=O) groups excluding carboxylic acids is 1. The van der Waals surface area contributed by atoms with Crippen LogP contribution in [0.25, 0.3) is 22.4 Å². The van der Waals surface area contributed by atoms with Crippen LogP contribution in [0, 0.1) is 0 Å². The first-order chi connectivity index (χ1) is 14.4. The Morgan fingerprint density at radius 1 is 1.13 bits per heavy atom. The van der Waals surface area contributed by atoms with E-state index in [4.69, 9.17) is 0 Å². The molecular formula is C21H22N8O. The standard InChI is InChI=1S/C21H22N8O/c1-13(2)29-12-23-27-20(29)15-6-5-7-18(24-15)26-21(30)17-10-16-14(11-22-17)8-9-19(25-16)28(3)4/h5-13H,1-4H3,(H,24,26,30). The van der Waals surface area contributed by atoms with Crippen LogP contribution >= 0.6 is 0 Å². The number of pyridine rings is 3. The zero-order valence-electron chi connectivity index (χ0n) is 17.2. The molecule has 30 heavy (non-hydrogen) atoms. The molecule has 1 N–H and O–H groups in total. The lowest BCUT2D eigenvalue weighted by molar-refractivity contribution is 0.102. The van der Waals surface area contributed by atoms with Gasteiger partial charge in [0.05, 0.1) is 5.52 Å². The molecule has 0 bridgehead atoms. The minimum Gasteiger partial charge on any atom is -0.363 e. The Hall–Kier alpha value is -3.88. The van der Waals surface area contributed by atoms with E-state index in [1.165, 1.54) is 0 Å². The van der Waals surface area contributed by atoms with Crippen molar-refractivity contribution in [1.82, 2.24) is 29.7 Å². The zero-order chi connectivity index (χ0) is 21.3. The molecule has 9 nitrogen and oxygen atoms in total. The normalized spacial score (nSPS) is 11.1. The largest absolute Gasteiger partial charge is 0.363 e. The summed E-state index contributed by atoms with van der Waals surface area (Å²) in [7, 11) is 3.84. The first-order valence-corrected chi connectivity index (χ1v) is 9.55. The van der Waals surface area contributed by atoms with Crippen LogP contribution in [0.5, 0.6) is 0 Å². The van der Waals surface area contributed by atoms with Crippen molar-refractivity contribution in [2.24, 2.45) is 0 Å². The summed E-state index contributed by atoms with van der Waals surface area (Å²) in [5.41, 5.74) is 1.60. The third-order valence-electron chi connectivity index (χ3n) is 4.60.